The van der Waals surface area contributed by atoms with Crippen molar-refractivity contribution in [2.24, 2.45) is 7.05 Å². The van der Waals surface area contributed by atoms with E-state index in [-0.39, 0.29) is 12.1 Å². The van der Waals surface area contributed by atoms with Crippen LogP contribution in [-0.2, 0) is 18.3 Å². The van der Waals surface area contributed by atoms with Gasteiger partial charge in [0.05, 0.1) is 5.69 Å². The van der Waals surface area contributed by atoms with E-state index in [4.69, 9.17) is 4.74 Å². The van der Waals surface area contributed by atoms with Crippen LogP contribution < -0.4 is 10.6 Å². The molecular weight excluding hydrogens is 292 g/mol. The molecule has 0 saturated heterocycles. The first kappa shape index (κ1) is 19.5. The summed E-state index contributed by atoms with van der Waals surface area (Å²) >= 11 is 0. The third-order valence-electron chi connectivity index (χ3n) is 3.45. The minimum absolute atomic E-state index is 0.197. The Hall–Kier alpha value is -1.56. The van der Waals surface area contributed by atoms with E-state index in [1.807, 2.05) is 32.5 Å². The third kappa shape index (κ3) is 7.03. The van der Waals surface area contributed by atoms with Crippen molar-refractivity contribution < 1.29 is 9.53 Å². The van der Waals surface area contributed by atoms with Gasteiger partial charge in [-0.3, -0.25) is 4.68 Å². The van der Waals surface area contributed by atoms with Gasteiger partial charge in [0.25, 0.3) is 0 Å². The number of ether oxygens (including phenoxy) is 1. The van der Waals surface area contributed by atoms with Gasteiger partial charge < -0.3 is 15.4 Å². The first-order valence-electron chi connectivity index (χ1n) is 8.35. The minimum atomic E-state index is -0.471. The average molecular weight is 324 g/mol. The summed E-state index contributed by atoms with van der Waals surface area (Å²) in [7, 11) is 1.94. The maximum atomic E-state index is 11.7. The van der Waals surface area contributed by atoms with Crippen molar-refractivity contribution in [1.82, 2.24) is 20.4 Å². The quantitative estimate of drug-likeness (QED) is 0.809. The van der Waals surface area contributed by atoms with Gasteiger partial charge in [0, 0.05) is 37.9 Å². The zero-order valence-corrected chi connectivity index (χ0v) is 15.6. The fourth-order valence-electron chi connectivity index (χ4n) is 2.31. The van der Waals surface area contributed by atoms with Gasteiger partial charge in [-0.15, -0.1) is 0 Å². The van der Waals surface area contributed by atoms with Crippen LogP contribution in [0.1, 0.15) is 65.1 Å². The highest BCUT2D eigenvalue weighted by atomic mass is 16.6. The molecule has 2 N–H and O–H groups in total. The van der Waals surface area contributed by atoms with Gasteiger partial charge in [0.1, 0.15) is 5.60 Å². The van der Waals surface area contributed by atoms with Crippen LogP contribution in [0.5, 0.6) is 0 Å². The number of aryl methyl sites for hydroxylation is 1. The monoisotopic (exact) mass is 324 g/mol. The molecule has 0 saturated carbocycles. The molecule has 1 amide bonds. The fraction of sp³-hybridized carbons (Fsp3) is 0.765. The summed E-state index contributed by atoms with van der Waals surface area (Å²) in [6.45, 7) is 13.3. The van der Waals surface area contributed by atoms with Crippen molar-refractivity contribution in [3.8, 4) is 0 Å². The highest BCUT2D eigenvalue weighted by Crippen LogP contribution is 2.17. The number of nitrogens with one attached hydrogen (secondary N) is 2. The van der Waals surface area contributed by atoms with Gasteiger partial charge >= 0.3 is 6.09 Å². The zero-order chi connectivity index (χ0) is 17.6. The van der Waals surface area contributed by atoms with E-state index in [1.165, 1.54) is 5.56 Å². The summed E-state index contributed by atoms with van der Waals surface area (Å²) < 4.78 is 7.11. The summed E-state index contributed by atoms with van der Waals surface area (Å²) in [5.41, 5.74) is 1.86. The van der Waals surface area contributed by atoms with Crippen molar-refractivity contribution in [3.05, 3.63) is 17.5 Å². The maximum absolute atomic E-state index is 11.7. The Bertz CT molecular complexity index is 503. The van der Waals surface area contributed by atoms with Gasteiger partial charge in [0.15, 0.2) is 0 Å². The lowest BCUT2D eigenvalue weighted by molar-refractivity contribution is 0.0522. The Morgan fingerprint density at radius 3 is 2.57 bits per heavy atom. The van der Waals surface area contributed by atoms with E-state index in [1.54, 1.807) is 0 Å². The molecule has 0 aromatic carbocycles. The molecule has 23 heavy (non-hydrogen) atoms. The lowest BCUT2D eigenvalue weighted by Gasteiger charge is -2.22. The second-order valence-electron chi connectivity index (χ2n) is 7.24. The van der Waals surface area contributed by atoms with Crippen molar-refractivity contribution >= 4 is 6.09 Å². The Labute approximate surface area is 140 Å². The molecule has 132 valence electrons. The van der Waals surface area contributed by atoms with Gasteiger partial charge in [-0.05, 0) is 33.1 Å². The maximum Gasteiger partial charge on any atom is 0.407 e. The second-order valence-corrected chi connectivity index (χ2v) is 7.24. The standard InChI is InChI=1S/C17H32N4O2/c1-8-14(10-19-16(22)23-17(4,5)6)18-9-13-11-21(7)20-15(13)12(2)3/h11-12,14,18H,8-10H2,1-7H3,(H,19,22). The number of carbonyl (C=O) groups excluding carboxylic acids is 1. The van der Waals surface area contributed by atoms with Crippen LogP contribution in [0.3, 0.4) is 0 Å². The molecule has 0 aliphatic heterocycles. The highest BCUT2D eigenvalue weighted by molar-refractivity contribution is 5.67. The number of hydrogen-bond acceptors (Lipinski definition) is 4. The average Bonchev–Trinajstić information content (AvgIpc) is 2.78. The SMILES string of the molecule is CCC(CNC(=O)OC(C)(C)C)NCc1cn(C)nc1C(C)C. The molecule has 1 aromatic heterocycles. The molecule has 6 nitrogen and oxygen atoms in total. The molecule has 1 rings (SSSR count). The Morgan fingerprint density at radius 1 is 1.39 bits per heavy atom. The zero-order valence-electron chi connectivity index (χ0n) is 15.6. The molecule has 0 fully saturated rings. The molecular formula is C17H32N4O2. The number of rotatable bonds is 7. The molecule has 1 heterocycles. The van der Waals surface area contributed by atoms with E-state index in [0.717, 1.165) is 18.7 Å². The lowest BCUT2D eigenvalue weighted by atomic mass is 10.1. The van der Waals surface area contributed by atoms with Crippen molar-refractivity contribution in [2.45, 2.75) is 72.1 Å². The summed E-state index contributed by atoms with van der Waals surface area (Å²) in [4.78, 5) is 11.7. The first-order chi connectivity index (χ1) is 10.6. The molecule has 1 aromatic rings. The summed E-state index contributed by atoms with van der Waals surface area (Å²) in [6.07, 6.45) is 2.60. The fourth-order valence-corrected chi connectivity index (χ4v) is 2.31. The largest absolute Gasteiger partial charge is 0.444 e. The van der Waals surface area contributed by atoms with Crippen molar-refractivity contribution in [1.29, 1.82) is 0 Å². The van der Waals surface area contributed by atoms with E-state index in [2.05, 4.69) is 42.7 Å². The number of nitrogens with zero attached hydrogens (tertiary/aromatic N) is 2. The van der Waals surface area contributed by atoms with Gasteiger partial charge in [-0.2, -0.15) is 5.10 Å². The topological polar surface area (TPSA) is 68.2 Å². The summed E-state index contributed by atoms with van der Waals surface area (Å²) in [5, 5.41) is 10.8. The Balaban J connectivity index is 2.50. The van der Waals surface area contributed by atoms with Gasteiger partial charge in [-0.25, -0.2) is 4.79 Å². The number of alkyl carbamates (subject to hydrolysis) is 1. The van der Waals surface area contributed by atoms with Crippen LogP contribution >= 0.6 is 0 Å². The van der Waals surface area contributed by atoms with E-state index in [0.29, 0.717) is 12.5 Å². The number of hydrogen-bond donors (Lipinski definition) is 2. The normalized spacial score (nSPS) is 13.2. The smallest absolute Gasteiger partial charge is 0.407 e. The second kappa shape index (κ2) is 8.34. The lowest BCUT2D eigenvalue weighted by Crippen LogP contribution is -2.42. The summed E-state index contributed by atoms with van der Waals surface area (Å²) in [5.74, 6) is 0.396. The van der Waals surface area contributed by atoms with Crippen LogP contribution in [0.15, 0.2) is 6.20 Å². The van der Waals surface area contributed by atoms with Crippen LogP contribution in [0, 0.1) is 0 Å². The molecule has 0 aliphatic rings. The van der Waals surface area contributed by atoms with E-state index >= 15 is 0 Å². The van der Waals surface area contributed by atoms with Crippen LogP contribution in [0.4, 0.5) is 4.79 Å². The molecule has 1 atom stereocenters. The molecule has 6 heteroatoms. The molecule has 0 spiro atoms. The third-order valence-corrected chi connectivity index (χ3v) is 3.45. The Kier molecular flexibility index (Phi) is 7.06. The number of carbonyl (C=O) groups is 1. The highest BCUT2D eigenvalue weighted by Gasteiger charge is 2.17. The summed E-state index contributed by atoms with van der Waals surface area (Å²) in [6, 6.07) is 0.197. The molecule has 0 aliphatic carbocycles. The van der Waals surface area contributed by atoms with Gasteiger partial charge in [-0.1, -0.05) is 20.8 Å². The molecule has 0 radical (unpaired) electrons. The van der Waals surface area contributed by atoms with E-state index < -0.39 is 5.60 Å². The van der Waals surface area contributed by atoms with E-state index in [9.17, 15) is 4.79 Å². The van der Waals surface area contributed by atoms with Crippen molar-refractivity contribution in [2.75, 3.05) is 6.54 Å². The molecule has 0 bridgehead atoms. The predicted molar refractivity (Wildman–Crippen MR) is 92.5 cm³/mol. The number of amides is 1. The van der Waals surface area contributed by atoms with Crippen LogP contribution in [0.2, 0.25) is 0 Å². The van der Waals surface area contributed by atoms with Gasteiger partial charge in [0.2, 0.25) is 0 Å². The Morgan fingerprint density at radius 2 is 2.04 bits per heavy atom. The van der Waals surface area contributed by atoms with Crippen molar-refractivity contribution in [3.63, 3.8) is 0 Å². The number of aromatic nitrogens is 2. The van der Waals surface area contributed by atoms with Crippen LogP contribution in [0.25, 0.3) is 0 Å². The molecule has 1 unspecified atom stereocenters. The predicted octanol–water partition coefficient (Wildman–Crippen LogP) is 2.94. The first-order valence-corrected chi connectivity index (χ1v) is 8.35. The van der Waals surface area contributed by atoms with Crippen LogP contribution in [-0.4, -0.2) is 34.1 Å². The minimum Gasteiger partial charge on any atom is -0.444 e.